The average molecular weight is 214 g/mol. The SMILES string of the molecule is C=COC=C(C(=O)OCC)C(=O)OCC. The Morgan fingerprint density at radius 2 is 1.60 bits per heavy atom. The Morgan fingerprint density at radius 3 is 1.93 bits per heavy atom. The summed E-state index contributed by atoms with van der Waals surface area (Å²) in [6.07, 6.45) is 2.03. The molecule has 0 saturated carbocycles. The van der Waals surface area contributed by atoms with Crippen molar-refractivity contribution >= 4 is 11.9 Å². The summed E-state index contributed by atoms with van der Waals surface area (Å²) in [5, 5.41) is 0. The van der Waals surface area contributed by atoms with E-state index in [-0.39, 0.29) is 18.8 Å². The van der Waals surface area contributed by atoms with Crippen molar-refractivity contribution in [1.29, 1.82) is 0 Å². The quantitative estimate of drug-likeness (QED) is 0.218. The third-order valence-corrected chi connectivity index (χ3v) is 1.27. The van der Waals surface area contributed by atoms with Crippen molar-refractivity contribution in [2.75, 3.05) is 13.2 Å². The zero-order valence-electron chi connectivity index (χ0n) is 8.82. The molecule has 0 aromatic rings. The average Bonchev–Trinajstić information content (AvgIpc) is 2.19. The second-order valence-corrected chi connectivity index (χ2v) is 2.28. The first kappa shape index (κ1) is 13.2. The lowest BCUT2D eigenvalue weighted by Crippen LogP contribution is -2.18. The van der Waals surface area contributed by atoms with Gasteiger partial charge in [-0.1, -0.05) is 6.58 Å². The van der Waals surface area contributed by atoms with Crippen molar-refractivity contribution < 1.29 is 23.8 Å². The molecule has 0 aromatic heterocycles. The monoisotopic (exact) mass is 214 g/mol. The highest BCUT2D eigenvalue weighted by Gasteiger charge is 2.21. The molecule has 84 valence electrons. The molecule has 0 amide bonds. The Hall–Kier alpha value is -1.78. The fourth-order valence-corrected chi connectivity index (χ4v) is 0.713. The summed E-state index contributed by atoms with van der Waals surface area (Å²) in [5.41, 5.74) is -0.293. The summed E-state index contributed by atoms with van der Waals surface area (Å²) < 4.78 is 13.9. The van der Waals surface area contributed by atoms with Crippen molar-refractivity contribution in [3.05, 3.63) is 24.7 Å². The smallest absolute Gasteiger partial charge is 0.348 e. The van der Waals surface area contributed by atoms with E-state index in [2.05, 4.69) is 20.8 Å². The van der Waals surface area contributed by atoms with E-state index in [1.807, 2.05) is 0 Å². The van der Waals surface area contributed by atoms with Gasteiger partial charge in [0.05, 0.1) is 19.5 Å². The van der Waals surface area contributed by atoms with Crippen LogP contribution in [0.4, 0.5) is 0 Å². The normalized spacial score (nSPS) is 8.67. The third kappa shape index (κ3) is 4.85. The lowest BCUT2D eigenvalue weighted by Gasteiger charge is -2.05. The van der Waals surface area contributed by atoms with Crippen LogP contribution >= 0.6 is 0 Å². The topological polar surface area (TPSA) is 61.8 Å². The van der Waals surface area contributed by atoms with Crippen molar-refractivity contribution in [2.24, 2.45) is 0 Å². The van der Waals surface area contributed by atoms with E-state index >= 15 is 0 Å². The van der Waals surface area contributed by atoms with Gasteiger partial charge in [-0.15, -0.1) is 0 Å². The van der Waals surface area contributed by atoms with Gasteiger partial charge in [0.2, 0.25) is 0 Å². The standard InChI is InChI=1S/C10H14O5/c1-4-13-7-8(9(11)14-5-2)10(12)15-6-3/h4,7H,1,5-6H2,2-3H3. The Kier molecular flexibility index (Phi) is 6.70. The number of ether oxygens (including phenoxy) is 3. The van der Waals surface area contributed by atoms with Crippen LogP contribution in [0.15, 0.2) is 24.7 Å². The van der Waals surface area contributed by atoms with E-state index in [0.717, 1.165) is 12.5 Å². The molecule has 0 unspecified atom stereocenters. The maximum absolute atomic E-state index is 11.3. The van der Waals surface area contributed by atoms with Crippen LogP contribution in [-0.2, 0) is 23.8 Å². The van der Waals surface area contributed by atoms with Gasteiger partial charge in [-0.3, -0.25) is 0 Å². The number of esters is 2. The van der Waals surface area contributed by atoms with E-state index < -0.39 is 11.9 Å². The third-order valence-electron chi connectivity index (χ3n) is 1.27. The number of hydrogen-bond acceptors (Lipinski definition) is 5. The first-order chi connectivity index (χ1) is 7.17. The van der Waals surface area contributed by atoms with E-state index in [1.54, 1.807) is 13.8 Å². The minimum Gasteiger partial charge on any atom is -0.472 e. The van der Waals surface area contributed by atoms with Crippen LogP contribution in [0.3, 0.4) is 0 Å². The summed E-state index contributed by atoms with van der Waals surface area (Å²) in [5.74, 6) is -1.56. The van der Waals surface area contributed by atoms with Crippen LogP contribution in [-0.4, -0.2) is 25.2 Å². The molecule has 0 N–H and O–H groups in total. The van der Waals surface area contributed by atoms with Gasteiger partial charge in [-0.05, 0) is 13.8 Å². The molecule has 0 radical (unpaired) electrons. The van der Waals surface area contributed by atoms with Crippen LogP contribution in [0.25, 0.3) is 0 Å². The Labute approximate surface area is 88.3 Å². The van der Waals surface area contributed by atoms with Crippen molar-refractivity contribution in [3.8, 4) is 0 Å². The Balaban J connectivity index is 4.63. The fraction of sp³-hybridized carbons (Fsp3) is 0.400. The summed E-state index contributed by atoms with van der Waals surface area (Å²) in [7, 11) is 0. The number of rotatable bonds is 6. The summed E-state index contributed by atoms with van der Waals surface area (Å²) in [6, 6.07) is 0. The van der Waals surface area contributed by atoms with Crippen LogP contribution in [0.5, 0.6) is 0 Å². The molecule has 0 fully saturated rings. The summed E-state index contributed by atoms with van der Waals surface area (Å²) >= 11 is 0. The zero-order valence-corrected chi connectivity index (χ0v) is 8.82. The molecular weight excluding hydrogens is 200 g/mol. The van der Waals surface area contributed by atoms with E-state index in [4.69, 9.17) is 0 Å². The highest BCUT2D eigenvalue weighted by atomic mass is 16.6. The number of hydrogen-bond donors (Lipinski definition) is 0. The molecular formula is C10H14O5. The van der Waals surface area contributed by atoms with Gasteiger partial charge >= 0.3 is 11.9 Å². The zero-order chi connectivity index (χ0) is 11.7. The minimum absolute atomic E-state index is 0.170. The molecule has 0 aliphatic carbocycles. The molecule has 0 saturated heterocycles. The van der Waals surface area contributed by atoms with Gasteiger partial charge in [0.25, 0.3) is 0 Å². The van der Waals surface area contributed by atoms with E-state index in [0.29, 0.717) is 0 Å². The summed E-state index contributed by atoms with van der Waals surface area (Å²) in [6.45, 7) is 6.88. The highest BCUT2D eigenvalue weighted by Crippen LogP contribution is 2.02. The van der Waals surface area contributed by atoms with Gasteiger partial charge in [0, 0.05) is 0 Å². The van der Waals surface area contributed by atoms with Crippen molar-refractivity contribution in [3.63, 3.8) is 0 Å². The van der Waals surface area contributed by atoms with Crippen LogP contribution < -0.4 is 0 Å². The largest absolute Gasteiger partial charge is 0.472 e. The maximum Gasteiger partial charge on any atom is 0.348 e. The number of carbonyl (C=O) groups is 2. The first-order valence-electron chi connectivity index (χ1n) is 4.48. The van der Waals surface area contributed by atoms with Crippen LogP contribution in [0.2, 0.25) is 0 Å². The molecule has 0 rings (SSSR count). The predicted octanol–water partition coefficient (Wildman–Crippen LogP) is 1.16. The first-order valence-corrected chi connectivity index (χ1v) is 4.48. The molecule has 0 heterocycles. The van der Waals surface area contributed by atoms with Crippen molar-refractivity contribution in [2.45, 2.75) is 13.8 Å². The van der Waals surface area contributed by atoms with Crippen LogP contribution in [0, 0.1) is 0 Å². The van der Waals surface area contributed by atoms with Gasteiger partial charge in [-0.2, -0.15) is 0 Å². The highest BCUT2D eigenvalue weighted by molar-refractivity contribution is 6.13. The molecule has 0 spiro atoms. The lowest BCUT2D eigenvalue weighted by atomic mass is 10.3. The Morgan fingerprint density at radius 1 is 1.13 bits per heavy atom. The number of carbonyl (C=O) groups excluding carboxylic acids is 2. The van der Waals surface area contributed by atoms with Gasteiger partial charge < -0.3 is 14.2 Å². The summed E-state index contributed by atoms with van der Waals surface area (Å²) in [4.78, 5) is 22.5. The molecule has 15 heavy (non-hydrogen) atoms. The second kappa shape index (κ2) is 7.61. The molecule has 0 aliphatic heterocycles. The molecule has 0 atom stereocenters. The fourth-order valence-electron chi connectivity index (χ4n) is 0.713. The van der Waals surface area contributed by atoms with Gasteiger partial charge in [-0.25, -0.2) is 9.59 Å². The molecule has 0 aromatic carbocycles. The molecule has 5 heteroatoms. The van der Waals surface area contributed by atoms with Crippen molar-refractivity contribution in [1.82, 2.24) is 0 Å². The Bertz CT molecular complexity index is 247. The van der Waals surface area contributed by atoms with E-state index in [9.17, 15) is 9.59 Å². The van der Waals surface area contributed by atoms with Gasteiger partial charge in [0.1, 0.15) is 6.26 Å². The van der Waals surface area contributed by atoms with E-state index in [1.165, 1.54) is 0 Å². The molecule has 0 bridgehead atoms. The maximum atomic E-state index is 11.3. The lowest BCUT2D eigenvalue weighted by molar-refractivity contribution is -0.146. The molecule has 0 aliphatic rings. The van der Waals surface area contributed by atoms with Gasteiger partial charge in [0.15, 0.2) is 5.57 Å². The predicted molar refractivity (Wildman–Crippen MR) is 52.6 cm³/mol. The van der Waals surface area contributed by atoms with Crippen LogP contribution in [0.1, 0.15) is 13.8 Å². The molecule has 5 nitrogen and oxygen atoms in total. The second-order valence-electron chi connectivity index (χ2n) is 2.28. The minimum atomic E-state index is -0.780.